The van der Waals surface area contributed by atoms with Gasteiger partial charge in [0, 0.05) is 13.1 Å². The fourth-order valence-corrected chi connectivity index (χ4v) is 2.46. The first kappa shape index (κ1) is 12.4. The minimum Gasteiger partial charge on any atom is -0.378 e. The standard InChI is InChI=1S/C14H14ClN3O/c15-13-12(11-4-2-1-3-5-11)14(17-10-16-13)18-6-8-19-9-7-18/h1-5,10H,6-9H2. The summed E-state index contributed by atoms with van der Waals surface area (Å²) in [5, 5.41) is 0.489. The van der Waals surface area contributed by atoms with E-state index in [1.165, 1.54) is 6.33 Å². The molecule has 1 aliphatic rings. The second kappa shape index (κ2) is 5.55. The average Bonchev–Trinajstić information content (AvgIpc) is 2.49. The van der Waals surface area contributed by atoms with Crippen molar-refractivity contribution in [2.24, 2.45) is 0 Å². The van der Waals surface area contributed by atoms with Crippen LogP contribution in [-0.4, -0.2) is 36.3 Å². The molecule has 2 aromatic rings. The molecule has 0 amide bonds. The van der Waals surface area contributed by atoms with E-state index in [2.05, 4.69) is 14.9 Å². The van der Waals surface area contributed by atoms with Crippen molar-refractivity contribution in [1.82, 2.24) is 9.97 Å². The quantitative estimate of drug-likeness (QED) is 0.790. The Balaban J connectivity index is 2.07. The highest BCUT2D eigenvalue weighted by Gasteiger charge is 2.19. The van der Waals surface area contributed by atoms with Crippen LogP contribution in [0.3, 0.4) is 0 Å². The van der Waals surface area contributed by atoms with Gasteiger partial charge in [0.25, 0.3) is 0 Å². The summed E-state index contributed by atoms with van der Waals surface area (Å²) >= 11 is 6.27. The molecule has 0 atom stereocenters. The monoisotopic (exact) mass is 275 g/mol. The van der Waals surface area contributed by atoms with Crippen molar-refractivity contribution < 1.29 is 4.74 Å². The first-order valence-corrected chi connectivity index (χ1v) is 6.62. The number of nitrogens with zero attached hydrogens (tertiary/aromatic N) is 3. The number of benzene rings is 1. The zero-order valence-electron chi connectivity index (χ0n) is 10.4. The SMILES string of the molecule is Clc1ncnc(N2CCOCC2)c1-c1ccccc1. The fraction of sp³-hybridized carbons (Fsp3) is 0.286. The predicted octanol–water partition coefficient (Wildman–Crippen LogP) is 2.63. The number of halogens is 1. The van der Waals surface area contributed by atoms with Gasteiger partial charge in [-0.3, -0.25) is 0 Å². The molecule has 19 heavy (non-hydrogen) atoms. The van der Waals surface area contributed by atoms with Crippen LogP contribution in [0.15, 0.2) is 36.7 Å². The zero-order valence-corrected chi connectivity index (χ0v) is 11.2. The van der Waals surface area contributed by atoms with Gasteiger partial charge in [0.05, 0.1) is 18.8 Å². The molecule has 3 rings (SSSR count). The van der Waals surface area contributed by atoms with Gasteiger partial charge < -0.3 is 9.64 Å². The summed E-state index contributed by atoms with van der Waals surface area (Å²) in [5.74, 6) is 0.884. The smallest absolute Gasteiger partial charge is 0.142 e. The summed E-state index contributed by atoms with van der Waals surface area (Å²) in [6.45, 7) is 3.09. The number of anilines is 1. The maximum atomic E-state index is 6.27. The van der Waals surface area contributed by atoms with Crippen molar-refractivity contribution in [3.8, 4) is 11.1 Å². The van der Waals surface area contributed by atoms with Gasteiger partial charge in [-0.15, -0.1) is 0 Å². The lowest BCUT2D eigenvalue weighted by Gasteiger charge is -2.29. The lowest BCUT2D eigenvalue weighted by Crippen LogP contribution is -2.37. The summed E-state index contributed by atoms with van der Waals surface area (Å²) in [4.78, 5) is 10.7. The Kier molecular flexibility index (Phi) is 3.62. The molecule has 0 bridgehead atoms. The molecule has 2 heterocycles. The van der Waals surface area contributed by atoms with E-state index in [4.69, 9.17) is 16.3 Å². The molecular formula is C14H14ClN3O. The Hall–Kier alpha value is -1.65. The van der Waals surface area contributed by atoms with Gasteiger partial charge in [-0.25, -0.2) is 9.97 Å². The van der Waals surface area contributed by atoms with Gasteiger partial charge in [-0.1, -0.05) is 41.9 Å². The van der Waals surface area contributed by atoms with Crippen LogP contribution in [-0.2, 0) is 4.74 Å². The van der Waals surface area contributed by atoms with Gasteiger partial charge >= 0.3 is 0 Å². The predicted molar refractivity (Wildman–Crippen MR) is 75.5 cm³/mol. The summed E-state index contributed by atoms with van der Waals surface area (Å²) in [6.07, 6.45) is 1.51. The van der Waals surface area contributed by atoms with Gasteiger partial charge in [0.2, 0.25) is 0 Å². The summed E-state index contributed by atoms with van der Waals surface area (Å²) < 4.78 is 5.38. The summed E-state index contributed by atoms with van der Waals surface area (Å²) in [5.41, 5.74) is 1.93. The number of aromatic nitrogens is 2. The zero-order chi connectivity index (χ0) is 13.1. The number of rotatable bonds is 2. The number of hydrogen-bond donors (Lipinski definition) is 0. The molecular weight excluding hydrogens is 262 g/mol. The van der Waals surface area contributed by atoms with E-state index in [-0.39, 0.29) is 0 Å². The van der Waals surface area contributed by atoms with Gasteiger partial charge in [0.15, 0.2) is 0 Å². The average molecular weight is 276 g/mol. The van der Waals surface area contributed by atoms with Crippen LogP contribution in [0.1, 0.15) is 0 Å². The van der Waals surface area contributed by atoms with Crippen LogP contribution in [0, 0.1) is 0 Å². The third kappa shape index (κ3) is 2.55. The Labute approximate surface area is 117 Å². The molecule has 4 nitrogen and oxygen atoms in total. The summed E-state index contributed by atoms with van der Waals surface area (Å²) in [7, 11) is 0. The van der Waals surface area contributed by atoms with Crippen LogP contribution in [0.2, 0.25) is 5.15 Å². The Bertz CT molecular complexity index is 556. The highest BCUT2D eigenvalue weighted by Crippen LogP contribution is 2.34. The minimum atomic E-state index is 0.489. The molecule has 0 unspecified atom stereocenters. The van der Waals surface area contributed by atoms with Crippen molar-refractivity contribution in [3.63, 3.8) is 0 Å². The highest BCUT2D eigenvalue weighted by molar-refractivity contribution is 6.32. The van der Waals surface area contributed by atoms with E-state index in [1.807, 2.05) is 30.3 Å². The molecule has 1 aromatic carbocycles. The molecule has 0 aliphatic carbocycles. The third-order valence-corrected chi connectivity index (χ3v) is 3.44. The molecule has 1 saturated heterocycles. The summed E-state index contributed by atoms with van der Waals surface area (Å²) in [6, 6.07) is 10.0. The molecule has 1 aromatic heterocycles. The lowest BCUT2D eigenvalue weighted by molar-refractivity contribution is 0.122. The van der Waals surface area contributed by atoms with Crippen LogP contribution in [0.4, 0.5) is 5.82 Å². The van der Waals surface area contributed by atoms with Gasteiger partial charge in [-0.2, -0.15) is 0 Å². The van der Waals surface area contributed by atoms with Crippen molar-refractivity contribution >= 4 is 17.4 Å². The molecule has 0 saturated carbocycles. The van der Waals surface area contributed by atoms with Crippen LogP contribution >= 0.6 is 11.6 Å². The molecule has 0 radical (unpaired) electrons. The number of hydrogen-bond acceptors (Lipinski definition) is 4. The van der Waals surface area contributed by atoms with Crippen molar-refractivity contribution in [1.29, 1.82) is 0 Å². The fourth-order valence-electron chi connectivity index (χ4n) is 2.22. The van der Waals surface area contributed by atoms with E-state index in [9.17, 15) is 0 Å². The second-order valence-corrected chi connectivity index (χ2v) is 4.69. The molecule has 98 valence electrons. The molecule has 0 spiro atoms. The Morgan fingerprint density at radius 3 is 2.53 bits per heavy atom. The van der Waals surface area contributed by atoms with E-state index in [0.29, 0.717) is 5.15 Å². The molecule has 0 N–H and O–H groups in total. The maximum absolute atomic E-state index is 6.27. The normalized spacial score (nSPS) is 15.5. The molecule has 5 heteroatoms. The molecule has 1 fully saturated rings. The number of morpholine rings is 1. The van der Waals surface area contributed by atoms with Crippen LogP contribution in [0.25, 0.3) is 11.1 Å². The third-order valence-electron chi connectivity index (χ3n) is 3.15. The van der Waals surface area contributed by atoms with Crippen molar-refractivity contribution in [2.75, 3.05) is 31.2 Å². The Morgan fingerprint density at radius 2 is 1.79 bits per heavy atom. The second-order valence-electron chi connectivity index (χ2n) is 4.33. The first-order chi connectivity index (χ1) is 9.36. The first-order valence-electron chi connectivity index (χ1n) is 6.25. The topological polar surface area (TPSA) is 38.2 Å². The van der Waals surface area contributed by atoms with Crippen LogP contribution in [0.5, 0.6) is 0 Å². The number of ether oxygens (including phenoxy) is 1. The van der Waals surface area contributed by atoms with Gasteiger partial charge in [0.1, 0.15) is 17.3 Å². The van der Waals surface area contributed by atoms with E-state index in [1.54, 1.807) is 0 Å². The lowest BCUT2D eigenvalue weighted by atomic mass is 10.1. The van der Waals surface area contributed by atoms with Crippen molar-refractivity contribution in [2.45, 2.75) is 0 Å². The largest absolute Gasteiger partial charge is 0.378 e. The van der Waals surface area contributed by atoms with E-state index < -0.39 is 0 Å². The van der Waals surface area contributed by atoms with Crippen LogP contribution < -0.4 is 4.90 Å². The highest BCUT2D eigenvalue weighted by atomic mass is 35.5. The van der Waals surface area contributed by atoms with E-state index in [0.717, 1.165) is 43.2 Å². The minimum absolute atomic E-state index is 0.489. The Morgan fingerprint density at radius 1 is 1.05 bits per heavy atom. The molecule has 1 aliphatic heterocycles. The van der Waals surface area contributed by atoms with Gasteiger partial charge in [-0.05, 0) is 5.56 Å². The van der Waals surface area contributed by atoms with Crippen molar-refractivity contribution in [3.05, 3.63) is 41.8 Å². The maximum Gasteiger partial charge on any atom is 0.142 e. The van der Waals surface area contributed by atoms with E-state index >= 15 is 0 Å².